The quantitative estimate of drug-likeness (QED) is 0.0927. The highest BCUT2D eigenvalue weighted by atomic mass is 16.2. The van der Waals surface area contributed by atoms with E-state index in [0.29, 0.717) is 25.3 Å². The molecule has 34 heavy (non-hydrogen) atoms. The van der Waals surface area contributed by atoms with Gasteiger partial charge in [-0.15, -0.1) is 0 Å². The van der Waals surface area contributed by atoms with Crippen LogP contribution in [-0.4, -0.2) is 54.3 Å². The lowest BCUT2D eigenvalue weighted by atomic mass is 9.91. The largest absolute Gasteiger partial charge is 0.370 e. The first-order valence-corrected chi connectivity index (χ1v) is 12.2. The van der Waals surface area contributed by atoms with Gasteiger partial charge in [0.15, 0.2) is 5.96 Å². The van der Waals surface area contributed by atoms with Crippen LogP contribution in [-0.2, 0) is 19.2 Å². The first-order valence-electron chi connectivity index (χ1n) is 12.2. The molecule has 0 saturated heterocycles. The first kappa shape index (κ1) is 29.2. The Kier molecular flexibility index (Phi) is 13.0. The molecule has 11 heteroatoms. The predicted molar refractivity (Wildman–Crippen MR) is 131 cm³/mol. The number of hydrogen-bond donors (Lipinski definition) is 6. The summed E-state index contributed by atoms with van der Waals surface area (Å²) in [5, 5.41) is 8.16. The molecular formula is C23H43N7O4. The number of hydrogen-bond acceptors (Lipinski definition) is 5. The van der Waals surface area contributed by atoms with Crippen LogP contribution >= 0.6 is 0 Å². The Morgan fingerprint density at radius 2 is 1.50 bits per heavy atom. The number of carbonyl (C=O) groups excluding carboxylic acids is 4. The number of primary amides is 1. The molecule has 3 atom stereocenters. The number of nitrogens with one attached hydrogen (secondary N) is 3. The minimum Gasteiger partial charge on any atom is -0.370 e. The smallest absolute Gasteiger partial charge is 0.243 e. The summed E-state index contributed by atoms with van der Waals surface area (Å²) >= 11 is 0. The van der Waals surface area contributed by atoms with Crippen LogP contribution in [0.3, 0.4) is 0 Å². The fourth-order valence-electron chi connectivity index (χ4n) is 4.25. The first-order chi connectivity index (χ1) is 16.0. The van der Waals surface area contributed by atoms with Crippen molar-refractivity contribution in [1.29, 1.82) is 0 Å². The molecule has 0 aromatic heterocycles. The predicted octanol–water partition coefficient (Wildman–Crippen LogP) is 0.0161. The summed E-state index contributed by atoms with van der Waals surface area (Å²) in [7, 11) is 0. The Bertz CT molecular complexity index is 714. The molecule has 0 aromatic carbocycles. The van der Waals surface area contributed by atoms with Crippen molar-refractivity contribution in [2.24, 2.45) is 34.0 Å². The Labute approximate surface area is 202 Å². The molecule has 1 aliphatic rings. The van der Waals surface area contributed by atoms with Gasteiger partial charge < -0.3 is 33.2 Å². The van der Waals surface area contributed by atoms with Crippen molar-refractivity contribution in [1.82, 2.24) is 16.0 Å². The molecular weight excluding hydrogens is 438 g/mol. The number of aliphatic imine (C=N–C) groups is 1. The molecule has 0 spiro atoms. The van der Waals surface area contributed by atoms with Gasteiger partial charge >= 0.3 is 0 Å². The standard InChI is InChI=1S/C23H43N7O4/c1-14(2)19(22(34)29-17(20(24)32)11-8-12-27-23(25)26)30-21(33)18(28-15(3)31)13-16-9-6-4-5-7-10-16/h14,16-19H,4-13H2,1-3H3,(H2,24,32)(H,28,31)(H,29,34)(H,30,33)(H4,25,26,27)/t17-,18-,19+/m0/s1. The lowest BCUT2D eigenvalue weighted by Crippen LogP contribution is -2.58. The molecule has 11 nitrogen and oxygen atoms in total. The van der Waals surface area contributed by atoms with E-state index in [2.05, 4.69) is 20.9 Å². The fraction of sp³-hybridized carbons (Fsp3) is 0.783. The monoisotopic (exact) mass is 481 g/mol. The topological polar surface area (TPSA) is 195 Å². The molecule has 0 aliphatic heterocycles. The van der Waals surface area contributed by atoms with Crippen LogP contribution in [0.5, 0.6) is 0 Å². The summed E-state index contributed by atoms with van der Waals surface area (Å²) in [6.45, 7) is 5.26. The van der Waals surface area contributed by atoms with Gasteiger partial charge in [-0.05, 0) is 31.1 Å². The summed E-state index contributed by atoms with van der Waals surface area (Å²) in [4.78, 5) is 53.5. The highest BCUT2D eigenvalue weighted by molar-refractivity contribution is 5.94. The van der Waals surface area contributed by atoms with Crippen LogP contribution < -0.4 is 33.2 Å². The molecule has 0 radical (unpaired) electrons. The number of carbonyl (C=O) groups is 4. The SMILES string of the molecule is CC(=O)N[C@@H](CC1CCCCCC1)C(=O)N[C@@H](C(=O)N[C@@H](CCCN=C(N)N)C(N)=O)C(C)C. The number of rotatable bonds is 13. The number of nitrogens with two attached hydrogens (primary N) is 3. The van der Waals surface area contributed by atoms with Crippen LogP contribution in [0, 0.1) is 11.8 Å². The van der Waals surface area contributed by atoms with Crippen molar-refractivity contribution in [3.05, 3.63) is 0 Å². The van der Waals surface area contributed by atoms with E-state index in [4.69, 9.17) is 17.2 Å². The van der Waals surface area contributed by atoms with Crippen molar-refractivity contribution in [2.75, 3.05) is 6.54 Å². The lowest BCUT2D eigenvalue weighted by Gasteiger charge is -2.28. The van der Waals surface area contributed by atoms with Gasteiger partial charge in [0.25, 0.3) is 0 Å². The normalized spacial score (nSPS) is 17.1. The second kappa shape index (κ2) is 15.1. The highest BCUT2D eigenvalue weighted by Gasteiger charge is 2.31. The molecule has 0 bridgehead atoms. The molecule has 194 valence electrons. The maximum Gasteiger partial charge on any atom is 0.243 e. The Morgan fingerprint density at radius 1 is 0.882 bits per heavy atom. The van der Waals surface area contributed by atoms with Crippen molar-refractivity contribution in [3.8, 4) is 0 Å². The summed E-state index contributed by atoms with van der Waals surface area (Å²) < 4.78 is 0. The van der Waals surface area contributed by atoms with Crippen LogP contribution in [0.25, 0.3) is 0 Å². The van der Waals surface area contributed by atoms with E-state index in [9.17, 15) is 19.2 Å². The van der Waals surface area contributed by atoms with Gasteiger partial charge in [0.05, 0.1) is 0 Å². The molecule has 0 heterocycles. The molecule has 4 amide bonds. The number of amides is 4. The van der Waals surface area contributed by atoms with Gasteiger partial charge in [-0.3, -0.25) is 24.2 Å². The molecule has 0 unspecified atom stereocenters. The minimum absolute atomic E-state index is 0.0557. The minimum atomic E-state index is -0.919. The van der Waals surface area contributed by atoms with Gasteiger partial charge in [-0.2, -0.15) is 0 Å². The van der Waals surface area contributed by atoms with Crippen molar-refractivity contribution < 1.29 is 19.2 Å². The Balaban J connectivity index is 2.83. The zero-order valence-corrected chi connectivity index (χ0v) is 20.8. The van der Waals surface area contributed by atoms with Crippen LogP contribution in [0.1, 0.15) is 78.6 Å². The van der Waals surface area contributed by atoms with E-state index in [-0.39, 0.29) is 24.2 Å². The number of guanidine groups is 1. The summed E-state index contributed by atoms with van der Waals surface area (Å²) in [5.74, 6) is -1.86. The maximum atomic E-state index is 13.1. The van der Waals surface area contributed by atoms with Crippen LogP contribution in [0.2, 0.25) is 0 Å². The summed E-state index contributed by atoms with van der Waals surface area (Å²) in [5.41, 5.74) is 16.0. The third kappa shape index (κ3) is 11.3. The Morgan fingerprint density at radius 3 is 2.00 bits per heavy atom. The van der Waals surface area contributed by atoms with E-state index in [1.807, 2.05) is 0 Å². The lowest BCUT2D eigenvalue weighted by molar-refractivity contribution is -0.134. The molecule has 0 aromatic rings. The fourth-order valence-corrected chi connectivity index (χ4v) is 4.25. The molecule has 1 aliphatic carbocycles. The van der Waals surface area contributed by atoms with Crippen molar-refractivity contribution in [3.63, 3.8) is 0 Å². The van der Waals surface area contributed by atoms with Gasteiger partial charge in [-0.1, -0.05) is 52.4 Å². The Hall–Kier alpha value is -2.85. The second-order valence-electron chi connectivity index (χ2n) is 9.49. The summed E-state index contributed by atoms with van der Waals surface area (Å²) in [6, 6.07) is -2.53. The zero-order chi connectivity index (χ0) is 25.7. The zero-order valence-electron chi connectivity index (χ0n) is 20.8. The molecule has 1 fully saturated rings. The van der Waals surface area contributed by atoms with E-state index < -0.39 is 35.8 Å². The van der Waals surface area contributed by atoms with Crippen molar-refractivity contribution >= 4 is 29.6 Å². The number of nitrogens with zero attached hydrogens (tertiary/aromatic N) is 1. The molecule has 9 N–H and O–H groups in total. The van der Waals surface area contributed by atoms with Crippen LogP contribution in [0.4, 0.5) is 0 Å². The molecule has 1 rings (SSSR count). The third-order valence-corrected chi connectivity index (χ3v) is 6.09. The van der Waals surface area contributed by atoms with E-state index in [1.54, 1.807) is 13.8 Å². The van der Waals surface area contributed by atoms with Gasteiger partial charge in [-0.25, -0.2) is 0 Å². The average molecular weight is 482 g/mol. The summed E-state index contributed by atoms with van der Waals surface area (Å²) in [6.07, 6.45) is 7.90. The van der Waals surface area contributed by atoms with Gasteiger partial charge in [0, 0.05) is 13.5 Å². The average Bonchev–Trinajstić information content (AvgIpc) is 3.01. The van der Waals surface area contributed by atoms with E-state index >= 15 is 0 Å². The van der Waals surface area contributed by atoms with Crippen molar-refractivity contribution in [2.45, 2.75) is 96.7 Å². The van der Waals surface area contributed by atoms with Gasteiger partial charge in [0.1, 0.15) is 18.1 Å². The van der Waals surface area contributed by atoms with Gasteiger partial charge in [0.2, 0.25) is 23.6 Å². The van der Waals surface area contributed by atoms with E-state index in [1.165, 1.54) is 19.8 Å². The third-order valence-electron chi connectivity index (χ3n) is 6.09. The highest BCUT2D eigenvalue weighted by Crippen LogP contribution is 2.26. The second-order valence-corrected chi connectivity index (χ2v) is 9.49. The van der Waals surface area contributed by atoms with Crippen LogP contribution in [0.15, 0.2) is 4.99 Å². The maximum absolute atomic E-state index is 13.1. The molecule has 1 saturated carbocycles. The van der Waals surface area contributed by atoms with E-state index in [0.717, 1.165) is 25.7 Å².